The van der Waals surface area contributed by atoms with Crippen LogP contribution in [-0.4, -0.2) is 13.1 Å². The standard InChI is InChI=1S/C10H16O2/c1-6-10(4,7-8(2)3)9(11)12-5/h6H,1-2,7H2,3-5H3. The van der Waals surface area contributed by atoms with Crippen LogP contribution >= 0.6 is 0 Å². The van der Waals surface area contributed by atoms with Gasteiger partial charge in [-0.3, -0.25) is 4.79 Å². The van der Waals surface area contributed by atoms with E-state index in [-0.39, 0.29) is 5.97 Å². The molecule has 0 bridgehead atoms. The molecular weight excluding hydrogens is 152 g/mol. The Morgan fingerprint density at radius 3 is 2.42 bits per heavy atom. The van der Waals surface area contributed by atoms with E-state index in [4.69, 9.17) is 0 Å². The zero-order valence-corrected chi connectivity index (χ0v) is 8.02. The highest BCUT2D eigenvalue weighted by molar-refractivity contribution is 5.78. The first-order valence-electron chi connectivity index (χ1n) is 3.82. The largest absolute Gasteiger partial charge is 0.468 e. The van der Waals surface area contributed by atoms with Crippen LogP contribution in [0.5, 0.6) is 0 Å². The Labute approximate surface area is 73.9 Å². The Kier molecular flexibility index (Phi) is 3.74. The highest BCUT2D eigenvalue weighted by Crippen LogP contribution is 2.27. The van der Waals surface area contributed by atoms with Gasteiger partial charge in [-0.05, 0) is 20.3 Å². The number of hydrogen-bond acceptors (Lipinski definition) is 2. The Morgan fingerprint density at radius 2 is 2.17 bits per heavy atom. The lowest BCUT2D eigenvalue weighted by molar-refractivity contribution is -0.148. The molecule has 68 valence electrons. The van der Waals surface area contributed by atoms with E-state index in [1.165, 1.54) is 7.11 Å². The quantitative estimate of drug-likeness (QED) is 0.475. The summed E-state index contributed by atoms with van der Waals surface area (Å²) in [5.41, 5.74) is 0.323. The van der Waals surface area contributed by atoms with E-state index in [2.05, 4.69) is 17.9 Å². The average Bonchev–Trinajstić information content (AvgIpc) is 2.01. The summed E-state index contributed by atoms with van der Waals surface area (Å²) in [5, 5.41) is 0. The monoisotopic (exact) mass is 168 g/mol. The molecule has 1 unspecified atom stereocenters. The van der Waals surface area contributed by atoms with Crippen molar-refractivity contribution in [3.05, 3.63) is 24.8 Å². The molecule has 0 heterocycles. The molecule has 0 aromatic heterocycles. The normalized spacial score (nSPS) is 14.6. The van der Waals surface area contributed by atoms with Crippen LogP contribution in [0.25, 0.3) is 0 Å². The first-order valence-corrected chi connectivity index (χ1v) is 3.82. The predicted molar refractivity (Wildman–Crippen MR) is 49.8 cm³/mol. The van der Waals surface area contributed by atoms with Gasteiger partial charge >= 0.3 is 5.97 Å². The van der Waals surface area contributed by atoms with Gasteiger partial charge in [-0.25, -0.2) is 0 Å². The van der Waals surface area contributed by atoms with Crippen molar-refractivity contribution in [1.82, 2.24) is 0 Å². The van der Waals surface area contributed by atoms with Gasteiger partial charge in [-0.15, -0.1) is 13.2 Å². The minimum Gasteiger partial charge on any atom is -0.468 e. The number of ether oxygens (including phenoxy) is 1. The predicted octanol–water partition coefficient (Wildman–Crippen LogP) is 2.32. The number of rotatable bonds is 4. The van der Waals surface area contributed by atoms with E-state index in [1.54, 1.807) is 13.0 Å². The van der Waals surface area contributed by atoms with Crippen molar-refractivity contribution in [1.29, 1.82) is 0 Å². The fraction of sp³-hybridized carbons (Fsp3) is 0.500. The molecule has 0 saturated heterocycles. The molecule has 0 aliphatic heterocycles. The van der Waals surface area contributed by atoms with Crippen molar-refractivity contribution < 1.29 is 9.53 Å². The van der Waals surface area contributed by atoms with Crippen LogP contribution in [-0.2, 0) is 9.53 Å². The van der Waals surface area contributed by atoms with Crippen LogP contribution in [0.1, 0.15) is 20.3 Å². The van der Waals surface area contributed by atoms with Crippen molar-refractivity contribution in [3.8, 4) is 0 Å². The number of carbonyl (C=O) groups is 1. The van der Waals surface area contributed by atoms with Gasteiger partial charge in [0.1, 0.15) is 0 Å². The van der Waals surface area contributed by atoms with Crippen LogP contribution in [0.4, 0.5) is 0 Å². The molecule has 0 aliphatic rings. The first-order chi connectivity index (χ1) is 5.46. The molecule has 0 N–H and O–H groups in total. The summed E-state index contributed by atoms with van der Waals surface area (Å²) in [5.74, 6) is -0.263. The lowest BCUT2D eigenvalue weighted by Crippen LogP contribution is -2.26. The van der Waals surface area contributed by atoms with E-state index in [9.17, 15) is 4.79 Å². The highest BCUT2D eigenvalue weighted by Gasteiger charge is 2.30. The Balaban J connectivity index is 4.55. The first kappa shape index (κ1) is 11.0. The summed E-state index contributed by atoms with van der Waals surface area (Å²) < 4.78 is 4.66. The lowest BCUT2D eigenvalue weighted by Gasteiger charge is -2.22. The van der Waals surface area contributed by atoms with E-state index in [1.807, 2.05) is 6.92 Å². The third kappa shape index (κ3) is 2.53. The fourth-order valence-corrected chi connectivity index (χ4v) is 1.09. The van der Waals surface area contributed by atoms with Gasteiger partial charge in [-0.2, -0.15) is 0 Å². The summed E-state index contributed by atoms with van der Waals surface area (Å²) in [7, 11) is 1.38. The Hall–Kier alpha value is -1.05. The summed E-state index contributed by atoms with van der Waals surface area (Å²) in [6.07, 6.45) is 2.19. The molecule has 0 aromatic rings. The molecule has 1 atom stereocenters. The average molecular weight is 168 g/mol. The third-order valence-corrected chi connectivity index (χ3v) is 1.77. The summed E-state index contributed by atoms with van der Waals surface area (Å²) in [6, 6.07) is 0. The molecule has 0 aromatic carbocycles. The third-order valence-electron chi connectivity index (χ3n) is 1.77. The van der Waals surface area contributed by atoms with E-state index in [0.717, 1.165) is 5.57 Å². The maximum absolute atomic E-state index is 11.3. The van der Waals surface area contributed by atoms with Crippen LogP contribution in [0, 0.1) is 5.41 Å². The number of methoxy groups -OCH3 is 1. The van der Waals surface area contributed by atoms with Gasteiger partial charge in [0.25, 0.3) is 0 Å². The summed E-state index contributed by atoms with van der Waals surface area (Å²) in [4.78, 5) is 11.3. The second-order valence-corrected chi connectivity index (χ2v) is 3.25. The molecule has 12 heavy (non-hydrogen) atoms. The minimum atomic E-state index is -0.624. The molecule has 0 aliphatic carbocycles. The number of carbonyl (C=O) groups excluding carboxylic acids is 1. The number of allylic oxidation sites excluding steroid dienone is 1. The van der Waals surface area contributed by atoms with Crippen LogP contribution in [0.3, 0.4) is 0 Å². The Morgan fingerprint density at radius 1 is 1.67 bits per heavy atom. The van der Waals surface area contributed by atoms with Gasteiger partial charge in [0.15, 0.2) is 0 Å². The van der Waals surface area contributed by atoms with Crippen molar-refractivity contribution in [2.45, 2.75) is 20.3 Å². The molecule has 0 fully saturated rings. The van der Waals surface area contributed by atoms with E-state index in [0.29, 0.717) is 6.42 Å². The van der Waals surface area contributed by atoms with Crippen LogP contribution < -0.4 is 0 Å². The van der Waals surface area contributed by atoms with Gasteiger partial charge in [0.05, 0.1) is 12.5 Å². The molecule has 2 heteroatoms. The SMILES string of the molecule is C=CC(C)(CC(=C)C)C(=O)OC. The van der Waals surface area contributed by atoms with Crippen LogP contribution in [0.15, 0.2) is 24.8 Å². The lowest BCUT2D eigenvalue weighted by atomic mass is 9.84. The van der Waals surface area contributed by atoms with Gasteiger partial charge in [0, 0.05) is 0 Å². The minimum absolute atomic E-state index is 0.263. The zero-order valence-electron chi connectivity index (χ0n) is 8.02. The topological polar surface area (TPSA) is 26.3 Å². The van der Waals surface area contributed by atoms with Gasteiger partial charge in [0.2, 0.25) is 0 Å². The molecule has 0 rings (SSSR count). The van der Waals surface area contributed by atoms with Crippen molar-refractivity contribution in [2.75, 3.05) is 7.11 Å². The van der Waals surface area contributed by atoms with Gasteiger partial charge in [-0.1, -0.05) is 11.6 Å². The maximum atomic E-state index is 11.3. The zero-order chi connectivity index (χ0) is 9.78. The van der Waals surface area contributed by atoms with E-state index < -0.39 is 5.41 Å². The van der Waals surface area contributed by atoms with Crippen molar-refractivity contribution in [2.24, 2.45) is 5.41 Å². The second-order valence-electron chi connectivity index (χ2n) is 3.25. The molecule has 0 amide bonds. The summed E-state index contributed by atoms with van der Waals surface area (Å²) in [6.45, 7) is 11.0. The van der Waals surface area contributed by atoms with Crippen LogP contribution in [0.2, 0.25) is 0 Å². The van der Waals surface area contributed by atoms with Gasteiger partial charge < -0.3 is 4.74 Å². The van der Waals surface area contributed by atoms with Crippen molar-refractivity contribution in [3.63, 3.8) is 0 Å². The fourth-order valence-electron chi connectivity index (χ4n) is 1.09. The smallest absolute Gasteiger partial charge is 0.315 e. The highest BCUT2D eigenvalue weighted by atomic mass is 16.5. The molecule has 0 spiro atoms. The molecular formula is C10H16O2. The molecule has 2 nitrogen and oxygen atoms in total. The second kappa shape index (κ2) is 4.10. The van der Waals surface area contributed by atoms with Crippen molar-refractivity contribution >= 4 is 5.97 Å². The number of hydrogen-bond donors (Lipinski definition) is 0. The Bertz CT molecular complexity index is 206. The molecule has 0 saturated carbocycles. The maximum Gasteiger partial charge on any atom is 0.315 e. The summed E-state index contributed by atoms with van der Waals surface area (Å²) >= 11 is 0. The van der Waals surface area contributed by atoms with E-state index >= 15 is 0 Å². The number of esters is 1. The molecule has 0 radical (unpaired) electrons.